The van der Waals surface area contributed by atoms with E-state index in [1.54, 1.807) is 13.8 Å². The average molecular weight is 154 g/mol. The van der Waals surface area contributed by atoms with Gasteiger partial charge in [-0.1, -0.05) is 0 Å². The van der Waals surface area contributed by atoms with E-state index in [0.29, 0.717) is 0 Å². The standard InChI is InChI=1S/C5H11NO2.ClH/c1-5(2,6)4(8)3-7;/h7H,3,6H2,1-2H3;1H. The summed E-state index contributed by atoms with van der Waals surface area (Å²) in [7, 11) is 0. The van der Waals surface area contributed by atoms with E-state index in [4.69, 9.17) is 10.8 Å². The van der Waals surface area contributed by atoms with Gasteiger partial charge in [-0.05, 0) is 13.8 Å². The molecule has 0 aliphatic rings. The lowest BCUT2D eigenvalue weighted by Gasteiger charge is -2.13. The normalized spacial score (nSPS) is 10.2. The van der Waals surface area contributed by atoms with Gasteiger partial charge in [-0.3, -0.25) is 4.79 Å². The van der Waals surface area contributed by atoms with Crippen molar-refractivity contribution in [3.8, 4) is 0 Å². The van der Waals surface area contributed by atoms with E-state index < -0.39 is 12.1 Å². The van der Waals surface area contributed by atoms with Crippen LogP contribution in [-0.2, 0) is 4.79 Å². The van der Waals surface area contributed by atoms with E-state index in [9.17, 15) is 4.79 Å². The molecule has 0 atom stereocenters. The van der Waals surface area contributed by atoms with Gasteiger partial charge in [-0.2, -0.15) is 0 Å². The molecule has 56 valence electrons. The number of nitrogens with two attached hydrogens (primary N) is 1. The van der Waals surface area contributed by atoms with Crippen molar-refractivity contribution in [2.45, 2.75) is 19.4 Å². The van der Waals surface area contributed by atoms with E-state index in [1.807, 2.05) is 0 Å². The van der Waals surface area contributed by atoms with Crippen LogP contribution in [0.25, 0.3) is 0 Å². The molecule has 3 nitrogen and oxygen atoms in total. The smallest absolute Gasteiger partial charge is 0.177 e. The molecule has 0 aromatic carbocycles. The molecule has 0 aliphatic carbocycles. The molecule has 0 rings (SSSR count). The Hall–Kier alpha value is -0.120. The highest BCUT2D eigenvalue weighted by molar-refractivity contribution is 5.88. The molecular formula is C5H12ClNO2. The van der Waals surface area contributed by atoms with Gasteiger partial charge >= 0.3 is 0 Å². The van der Waals surface area contributed by atoms with Crippen LogP contribution in [0.3, 0.4) is 0 Å². The molecule has 0 aromatic heterocycles. The van der Waals surface area contributed by atoms with Crippen molar-refractivity contribution in [3.05, 3.63) is 0 Å². The molecule has 4 heteroatoms. The fraction of sp³-hybridized carbons (Fsp3) is 0.800. The predicted molar refractivity (Wildman–Crippen MR) is 37.6 cm³/mol. The van der Waals surface area contributed by atoms with Crippen LogP contribution >= 0.6 is 12.4 Å². The summed E-state index contributed by atoms with van der Waals surface area (Å²) in [6.45, 7) is 2.65. The number of hydrogen-bond acceptors (Lipinski definition) is 3. The van der Waals surface area contributed by atoms with Gasteiger partial charge < -0.3 is 10.8 Å². The minimum absolute atomic E-state index is 0. The summed E-state index contributed by atoms with van der Waals surface area (Å²) in [5.74, 6) is -0.336. The highest BCUT2D eigenvalue weighted by Gasteiger charge is 2.19. The summed E-state index contributed by atoms with van der Waals surface area (Å²) in [4.78, 5) is 10.5. The molecule has 0 heterocycles. The lowest BCUT2D eigenvalue weighted by atomic mass is 10.0. The van der Waals surface area contributed by atoms with Crippen molar-refractivity contribution in [2.75, 3.05) is 6.61 Å². The number of Topliss-reactive ketones (excluding diaryl/α,β-unsaturated/α-hetero) is 1. The first-order valence-electron chi connectivity index (χ1n) is 2.41. The second-order valence-electron chi connectivity index (χ2n) is 2.30. The molecule has 0 aliphatic heterocycles. The highest BCUT2D eigenvalue weighted by atomic mass is 35.5. The van der Waals surface area contributed by atoms with Crippen molar-refractivity contribution in [1.82, 2.24) is 0 Å². The first-order valence-corrected chi connectivity index (χ1v) is 2.41. The first-order chi connectivity index (χ1) is 3.48. The first kappa shape index (κ1) is 11.6. The zero-order valence-electron chi connectivity index (χ0n) is 5.55. The van der Waals surface area contributed by atoms with Crippen molar-refractivity contribution < 1.29 is 9.90 Å². The Kier molecular flexibility index (Phi) is 4.95. The molecule has 0 bridgehead atoms. The Balaban J connectivity index is 0. The number of hydrogen-bond donors (Lipinski definition) is 2. The van der Waals surface area contributed by atoms with Crippen molar-refractivity contribution in [3.63, 3.8) is 0 Å². The van der Waals surface area contributed by atoms with E-state index in [1.165, 1.54) is 0 Å². The topological polar surface area (TPSA) is 63.3 Å². The van der Waals surface area contributed by atoms with Gasteiger partial charge in [0.25, 0.3) is 0 Å². The number of halogens is 1. The lowest BCUT2D eigenvalue weighted by molar-refractivity contribution is -0.125. The third kappa shape index (κ3) is 4.39. The Labute approximate surface area is 60.6 Å². The summed E-state index contributed by atoms with van der Waals surface area (Å²) in [5, 5.41) is 8.24. The maximum absolute atomic E-state index is 10.5. The van der Waals surface area contributed by atoms with Crippen LogP contribution in [0.1, 0.15) is 13.8 Å². The minimum atomic E-state index is -0.880. The fourth-order valence-electron chi connectivity index (χ4n) is 0.204. The van der Waals surface area contributed by atoms with Crippen LogP contribution < -0.4 is 5.73 Å². The molecule has 0 spiro atoms. The molecule has 3 N–H and O–H groups in total. The van der Waals surface area contributed by atoms with E-state index >= 15 is 0 Å². The van der Waals surface area contributed by atoms with Gasteiger partial charge in [-0.25, -0.2) is 0 Å². The molecular weight excluding hydrogens is 142 g/mol. The third-order valence-electron chi connectivity index (χ3n) is 0.862. The van der Waals surface area contributed by atoms with Gasteiger partial charge in [0.1, 0.15) is 6.61 Å². The molecule has 0 fully saturated rings. The zero-order chi connectivity index (χ0) is 6.78. The maximum Gasteiger partial charge on any atom is 0.177 e. The second-order valence-corrected chi connectivity index (χ2v) is 2.30. The highest BCUT2D eigenvalue weighted by Crippen LogP contribution is 1.95. The number of carbonyl (C=O) groups is 1. The monoisotopic (exact) mass is 153 g/mol. The second kappa shape index (κ2) is 3.82. The Bertz CT molecular complexity index is 97.6. The molecule has 0 unspecified atom stereocenters. The van der Waals surface area contributed by atoms with Crippen molar-refractivity contribution >= 4 is 18.2 Å². The van der Waals surface area contributed by atoms with E-state index in [2.05, 4.69) is 0 Å². The van der Waals surface area contributed by atoms with Crippen LogP contribution in [0.5, 0.6) is 0 Å². The lowest BCUT2D eigenvalue weighted by Crippen LogP contribution is -2.43. The average Bonchev–Trinajstić information content (AvgIpc) is 1.62. The molecule has 0 saturated heterocycles. The van der Waals surface area contributed by atoms with Crippen LogP contribution in [0.4, 0.5) is 0 Å². The van der Waals surface area contributed by atoms with Gasteiger partial charge in [-0.15, -0.1) is 12.4 Å². The summed E-state index contributed by atoms with van der Waals surface area (Å²) < 4.78 is 0. The SMILES string of the molecule is CC(C)(N)C(=O)CO.Cl. The largest absolute Gasteiger partial charge is 0.389 e. The van der Waals surface area contributed by atoms with E-state index in [0.717, 1.165) is 0 Å². The molecule has 0 aromatic rings. The fourth-order valence-corrected chi connectivity index (χ4v) is 0.204. The van der Waals surface area contributed by atoms with Gasteiger partial charge in [0.05, 0.1) is 5.54 Å². The van der Waals surface area contributed by atoms with Crippen LogP contribution in [0.2, 0.25) is 0 Å². The number of rotatable bonds is 2. The molecule has 0 radical (unpaired) electrons. The number of ketones is 1. The van der Waals surface area contributed by atoms with E-state index in [-0.39, 0.29) is 18.2 Å². The molecule has 0 amide bonds. The molecule has 0 saturated carbocycles. The summed E-state index contributed by atoms with van der Waals surface area (Å²) in [6.07, 6.45) is 0. The number of carbonyl (C=O) groups excluding carboxylic acids is 1. The third-order valence-corrected chi connectivity index (χ3v) is 0.862. The van der Waals surface area contributed by atoms with Crippen LogP contribution in [0, 0.1) is 0 Å². The number of aliphatic hydroxyl groups is 1. The Morgan fingerprint density at radius 2 is 2.00 bits per heavy atom. The summed E-state index contributed by atoms with van der Waals surface area (Å²) in [6, 6.07) is 0. The molecule has 9 heavy (non-hydrogen) atoms. The van der Waals surface area contributed by atoms with Gasteiger partial charge in [0, 0.05) is 0 Å². The summed E-state index contributed by atoms with van der Waals surface area (Å²) in [5.41, 5.74) is 4.40. The maximum atomic E-state index is 10.5. The summed E-state index contributed by atoms with van der Waals surface area (Å²) >= 11 is 0. The van der Waals surface area contributed by atoms with Crippen LogP contribution in [-0.4, -0.2) is 23.0 Å². The minimum Gasteiger partial charge on any atom is -0.389 e. The van der Waals surface area contributed by atoms with Crippen LogP contribution in [0.15, 0.2) is 0 Å². The van der Waals surface area contributed by atoms with Crippen molar-refractivity contribution in [2.24, 2.45) is 5.73 Å². The van der Waals surface area contributed by atoms with Gasteiger partial charge in [0.2, 0.25) is 0 Å². The number of aliphatic hydroxyl groups excluding tert-OH is 1. The predicted octanol–water partition coefficient (Wildman–Crippen LogP) is -0.293. The zero-order valence-corrected chi connectivity index (χ0v) is 6.36. The quantitative estimate of drug-likeness (QED) is 0.573. The van der Waals surface area contributed by atoms with Crippen molar-refractivity contribution in [1.29, 1.82) is 0 Å². The van der Waals surface area contributed by atoms with Gasteiger partial charge in [0.15, 0.2) is 5.78 Å². The Morgan fingerprint density at radius 1 is 1.67 bits per heavy atom. The Morgan fingerprint density at radius 3 is 2.00 bits per heavy atom.